The molecule has 0 unspecified atom stereocenters. The van der Waals surface area contributed by atoms with E-state index in [0.29, 0.717) is 42.9 Å². The van der Waals surface area contributed by atoms with E-state index in [4.69, 9.17) is 9.47 Å². The number of rotatable bonds is 10. The highest BCUT2D eigenvalue weighted by molar-refractivity contribution is 5.75. The summed E-state index contributed by atoms with van der Waals surface area (Å²) in [6.07, 6.45) is 6.45. The fourth-order valence-corrected chi connectivity index (χ4v) is 3.41. The molecule has 0 atom stereocenters. The molecule has 0 radical (unpaired) electrons. The third kappa shape index (κ3) is 6.75. The summed E-state index contributed by atoms with van der Waals surface area (Å²) in [5.41, 5.74) is 0.841. The molecule has 1 aromatic heterocycles. The Morgan fingerprint density at radius 2 is 1.97 bits per heavy atom. The van der Waals surface area contributed by atoms with Crippen LogP contribution in [0.3, 0.4) is 0 Å². The van der Waals surface area contributed by atoms with Crippen LogP contribution in [0.5, 0.6) is 17.4 Å². The Morgan fingerprint density at radius 1 is 1.17 bits per heavy atom. The van der Waals surface area contributed by atoms with Crippen LogP contribution in [-0.2, 0) is 11.3 Å². The molecule has 0 saturated carbocycles. The second-order valence-corrected chi connectivity index (χ2v) is 7.37. The summed E-state index contributed by atoms with van der Waals surface area (Å²) in [4.78, 5) is 16.6. The number of carbonyl (C=O) groups excluding carboxylic acids is 1. The van der Waals surface area contributed by atoms with Crippen LogP contribution >= 0.6 is 0 Å². The van der Waals surface area contributed by atoms with Gasteiger partial charge in [-0.25, -0.2) is 4.98 Å². The van der Waals surface area contributed by atoms with Crippen molar-refractivity contribution in [2.75, 3.05) is 19.7 Å². The van der Waals surface area contributed by atoms with Gasteiger partial charge in [0.2, 0.25) is 11.8 Å². The predicted molar refractivity (Wildman–Crippen MR) is 113 cm³/mol. The van der Waals surface area contributed by atoms with Gasteiger partial charge in [0.15, 0.2) is 11.5 Å². The Balaban J connectivity index is 1.56. The zero-order valence-corrected chi connectivity index (χ0v) is 17.2. The van der Waals surface area contributed by atoms with Crippen molar-refractivity contribution in [3.8, 4) is 17.4 Å². The molecule has 2 N–H and O–H groups in total. The van der Waals surface area contributed by atoms with Crippen molar-refractivity contribution in [1.29, 1.82) is 0 Å². The van der Waals surface area contributed by atoms with Gasteiger partial charge in [-0.05, 0) is 62.9 Å². The standard InChI is InChI=1S/C23H31N3O3/c1-2-16-28-20-7-3-4-8-21(20)29-23-19(6-5-13-25-23)17-26-22(27)10-9-18-11-14-24-15-12-18/h3-8,13,18,24H,2,9-12,14-17H2,1H3,(H,26,27). The first-order valence-corrected chi connectivity index (χ1v) is 10.6. The van der Waals surface area contributed by atoms with Crippen LogP contribution in [0.15, 0.2) is 42.6 Å². The Hall–Kier alpha value is -2.60. The molecule has 0 spiro atoms. The molecule has 156 valence electrons. The summed E-state index contributed by atoms with van der Waals surface area (Å²) < 4.78 is 11.8. The molecule has 1 amide bonds. The number of amides is 1. The molecule has 6 nitrogen and oxygen atoms in total. The minimum absolute atomic E-state index is 0.0741. The summed E-state index contributed by atoms with van der Waals surface area (Å²) in [6, 6.07) is 11.3. The smallest absolute Gasteiger partial charge is 0.224 e. The average Bonchev–Trinajstić information content (AvgIpc) is 2.77. The van der Waals surface area contributed by atoms with Gasteiger partial charge in [-0.15, -0.1) is 0 Å². The molecule has 1 aromatic carbocycles. The lowest BCUT2D eigenvalue weighted by Gasteiger charge is -2.22. The SMILES string of the molecule is CCCOc1ccccc1Oc1ncccc1CNC(=O)CCC1CCNCC1. The van der Waals surface area contributed by atoms with Gasteiger partial charge in [0.25, 0.3) is 0 Å². The lowest BCUT2D eigenvalue weighted by Crippen LogP contribution is -2.29. The Morgan fingerprint density at radius 3 is 2.76 bits per heavy atom. The van der Waals surface area contributed by atoms with Crippen molar-refractivity contribution in [2.45, 2.75) is 45.6 Å². The van der Waals surface area contributed by atoms with E-state index in [0.717, 1.165) is 44.3 Å². The Bertz CT molecular complexity index is 775. The van der Waals surface area contributed by atoms with Gasteiger partial charge in [0.1, 0.15) is 0 Å². The molecule has 3 rings (SSSR count). The molecule has 1 saturated heterocycles. The second kappa shape index (κ2) is 11.4. The number of hydrogen-bond donors (Lipinski definition) is 2. The van der Waals surface area contributed by atoms with Crippen LogP contribution in [0.4, 0.5) is 0 Å². The first-order valence-electron chi connectivity index (χ1n) is 10.6. The largest absolute Gasteiger partial charge is 0.490 e. The third-order valence-corrected chi connectivity index (χ3v) is 5.08. The van der Waals surface area contributed by atoms with Crippen molar-refractivity contribution in [2.24, 2.45) is 5.92 Å². The molecule has 2 aromatic rings. The minimum atomic E-state index is 0.0741. The van der Waals surface area contributed by atoms with Crippen molar-refractivity contribution in [1.82, 2.24) is 15.6 Å². The van der Waals surface area contributed by atoms with Gasteiger partial charge in [0, 0.05) is 24.7 Å². The van der Waals surface area contributed by atoms with Gasteiger partial charge in [-0.3, -0.25) is 4.79 Å². The van der Waals surface area contributed by atoms with E-state index in [9.17, 15) is 4.79 Å². The highest BCUT2D eigenvalue weighted by atomic mass is 16.5. The lowest BCUT2D eigenvalue weighted by molar-refractivity contribution is -0.121. The van der Waals surface area contributed by atoms with Crippen LogP contribution in [0.1, 0.15) is 44.6 Å². The lowest BCUT2D eigenvalue weighted by atomic mass is 9.93. The van der Waals surface area contributed by atoms with Crippen molar-refractivity contribution in [3.05, 3.63) is 48.2 Å². The van der Waals surface area contributed by atoms with E-state index in [1.54, 1.807) is 6.20 Å². The molecule has 2 heterocycles. The number of para-hydroxylation sites is 2. The summed E-state index contributed by atoms with van der Waals surface area (Å²) in [5.74, 6) is 2.53. The summed E-state index contributed by atoms with van der Waals surface area (Å²) >= 11 is 0. The molecular weight excluding hydrogens is 366 g/mol. The van der Waals surface area contributed by atoms with E-state index < -0.39 is 0 Å². The molecule has 1 aliphatic heterocycles. The number of nitrogens with zero attached hydrogens (tertiary/aromatic N) is 1. The minimum Gasteiger partial charge on any atom is -0.490 e. The van der Waals surface area contributed by atoms with Crippen molar-refractivity contribution < 1.29 is 14.3 Å². The molecule has 6 heteroatoms. The van der Waals surface area contributed by atoms with E-state index in [-0.39, 0.29) is 5.91 Å². The monoisotopic (exact) mass is 397 g/mol. The van der Waals surface area contributed by atoms with Crippen LogP contribution in [0.2, 0.25) is 0 Å². The van der Waals surface area contributed by atoms with E-state index in [1.807, 2.05) is 36.4 Å². The molecule has 1 fully saturated rings. The normalized spacial score (nSPS) is 14.4. The second-order valence-electron chi connectivity index (χ2n) is 7.37. The van der Waals surface area contributed by atoms with Gasteiger partial charge in [0.05, 0.1) is 6.61 Å². The van der Waals surface area contributed by atoms with Gasteiger partial charge < -0.3 is 20.1 Å². The zero-order valence-electron chi connectivity index (χ0n) is 17.2. The molecule has 0 bridgehead atoms. The van der Waals surface area contributed by atoms with Crippen LogP contribution in [0.25, 0.3) is 0 Å². The summed E-state index contributed by atoms with van der Waals surface area (Å²) in [7, 11) is 0. The number of carbonyl (C=O) groups is 1. The quantitative estimate of drug-likeness (QED) is 0.633. The van der Waals surface area contributed by atoms with Crippen LogP contribution in [0, 0.1) is 5.92 Å². The van der Waals surface area contributed by atoms with Gasteiger partial charge in [-0.1, -0.05) is 25.1 Å². The fraction of sp³-hybridized carbons (Fsp3) is 0.478. The third-order valence-electron chi connectivity index (χ3n) is 5.08. The molecular formula is C23H31N3O3. The topological polar surface area (TPSA) is 72.5 Å². The first-order chi connectivity index (χ1) is 14.3. The Kier molecular flexibility index (Phi) is 8.31. The fourth-order valence-electron chi connectivity index (χ4n) is 3.41. The maximum absolute atomic E-state index is 12.3. The summed E-state index contributed by atoms with van der Waals surface area (Å²) in [5, 5.41) is 6.37. The molecule has 29 heavy (non-hydrogen) atoms. The van der Waals surface area contributed by atoms with Crippen molar-refractivity contribution >= 4 is 5.91 Å². The number of piperidine rings is 1. The average molecular weight is 398 g/mol. The van der Waals surface area contributed by atoms with Crippen LogP contribution < -0.4 is 20.1 Å². The maximum atomic E-state index is 12.3. The number of ether oxygens (including phenoxy) is 2. The number of nitrogens with one attached hydrogen (secondary N) is 2. The number of pyridine rings is 1. The van der Waals surface area contributed by atoms with E-state index in [2.05, 4.69) is 22.5 Å². The summed E-state index contributed by atoms with van der Waals surface area (Å²) in [6.45, 7) is 5.21. The van der Waals surface area contributed by atoms with E-state index >= 15 is 0 Å². The number of hydrogen-bond acceptors (Lipinski definition) is 5. The molecule has 1 aliphatic rings. The maximum Gasteiger partial charge on any atom is 0.224 e. The number of aromatic nitrogens is 1. The van der Waals surface area contributed by atoms with E-state index in [1.165, 1.54) is 0 Å². The molecule has 0 aliphatic carbocycles. The Labute approximate surface area is 173 Å². The van der Waals surface area contributed by atoms with Gasteiger partial charge in [-0.2, -0.15) is 0 Å². The highest BCUT2D eigenvalue weighted by Crippen LogP contribution is 2.32. The highest BCUT2D eigenvalue weighted by Gasteiger charge is 2.15. The van der Waals surface area contributed by atoms with Gasteiger partial charge >= 0.3 is 0 Å². The zero-order chi connectivity index (χ0) is 20.3. The van der Waals surface area contributed by atoms with Crippen LogP contribution in [-0.4, -0.2) is 30.6 Å². The van der Waals surface area contributed by atoms with Crippen molar-refractivity contribution in [3.63, 3.8) is 0 Å². The predicted octanol–water partition coefficient (Wildman–Crippen LogP) is 4.06. The number of benzene rings is 1. The first kappa shape index (κ1) is 21.1.